The van der Waals surface area contributed by atoms with E-state index in [1.807, 2.05) is 0 Å². The molecule has 7 amide bonds. The number of rotatable bonds is 79. The molecule has 0 radical (unpaired) electrons. The zero-order chi connectivity index (χ0) is 88.1. The molecular weight excluding hydrogens is 1520 g/mol. The summed E-state index contributed by atoms with van der Waals surface area (Å²) in [5, 5.41) is 19.9. The molecule has 0 aliphatic heterocycles. The van der Waals surface area contributed by atoms with Crippen molar-refractivity contribution in [3.05, 3.63) is 18.2 Å². The molecule has 32 heteroatoms. The molecule has 4 atom stereocenters. The second-order valence-corrected chi connectivity index (χ2v) is 32.5. The maximum Gasteiger partial charge on any atom is 0.245 e. The van der Waals surface area contributed by atoms with Gasteiger partial charge in [-0.2, -0.15) is 0 Å². The lowest BCUT2D eigenvalue weighted by Gasteiger charge is -2.29. The Morgan fingerprint density at radius 3 is 1.42 bits per heavy atom. The number of unbranched alkanes of at least 4 members (excludes halogenated alkanes) is 18. The van der Waals surface area contributed by atoms with Gasteiger partial charge in [-0.15, -0.1) is 0 Å². The largest absolute Gasteiger partial charge is 0.377 e. The summed E-state index contributed by atoms with van der Waals surface area (Å²) in [4.78, 5) is 161. The van der Waals surface area contributed by atoms with Crippen LogP contribution in [0.4, 0.5) is 0 Å². The number of carbonyl (C=O) groups is 12. The van der Waals surface area contributed by atoms with Crippen LogP contribution < -0.4 is 60.2 Å². The third kappa shape index (κ3) is 62.0. The first-order valence-electron chi connectivity index (χ1n) is 43.9. The molecular formula is C86H158N14O18. The molecule has 0 saturated carbocycles. The van der Waals surface area contributed by atoms with E-state index < -0.39 is 40.3 Å². The fraction of sp³-hybridized carbons (Fsp3) is 0.814. The van der Waals surface area contributed by atoms with Crippen LogP contribution in [0.25, 0.3) is 0 Å². The molecule has 0 saturated heterocycles. The first-order chi connectivity index (χ1) is 56.3. The van der Waals surface area contributed by atoms with Crippen molar-refractivity contribution >= 4 is 76.2 Å². The number of nitrogens with one attached hydrogen (secondary N) is 8. The average Bonchev–Trinajstić information content (AvgIpc) is 0.934. The Morgan fingerprint density at radius 1 is 0.483 bits per heavy atom. The summed E-state index contributed by atoms with van der Waals surface area (Å²) in [6.07, 6.45) is 31.1. The van der Waals surface area contributed by atoms with Gasteiger partial charge in [0.15, 0.2) is 29.1 Å². The summed E-state index contributed by atoms with van der Waals surface area (Å²) in [6.45, 7) is 22.3. The molecule has 0 fully saturated rings. The molecule has 680 valence electrons. The van der Waals surface area contributed by atoms with E-state index in [1.54, 1.807) is 61.6 Å². The number of amides is 7. The zero-order valence-corrected chi connectivity index (χ0v) is 74.0. The number of guanidine groups is 1. The number of aromatic nitrogens is 2. The van der Waals surface area contributed by atoms with Crippen LogP contribution in [0.5, 0.6) is 0 Å². The minimum absolute atomic E-state index is 0.0130. The minimum atomic E-state index is -0.865. The van der Waals surface area contributed by atoms with E-state index in [-0.39, 0.29) is 175 Å². The predicted molar refractivity (Wildman–Crippen MR) is 459 cm³/mol. The molecule has 0 aliphatic rings. The first-order valence-corrected chi connectivity index (χ1v) is 43.9. The van der Waals surface area contributed by atoms with Crippen molar-refractivity contribution in [1.29, 1.82) is 0 Å². The Labute approximate surface area is 705 Å². The number of nitrogens with two attached hydrogens (primary N) is 4. The standard InChI is InChI=1S/C62H118N10O14.C24H40N4O4/c1-4-6-8-10-12-14-16-18-20-30-55(74)68-35-38-81-41-44-84-48-53(73)47-52(28-22-24-32-66-57(76)49-85-45-42-82-39-36-69-56(75)31-21-19-17-15-13-11-9-7-5-2)61(80)70-37-40-83-43-46-86-50-58(77)67-33-25-23-29-54(59(63)78)72-60(79)51(3)27-26-34-71-62(64)65;1-8-19(30)24(6,7)28-14-21(32)22(2,3)10-9-20(31)23(4,5)12-18(29)17(25)11-16-13-26-15-27-16/h51-52,54H,4-50H2,1-3H3,(H2,63,78)(H,66,76)(H,67,77)(H,68,74)(H,69,75)(H,70,80)(H,72,79)(H4,64,65,71);13,15,17,28H,8-12,14,25H2,1-7H3,(H,26,27)/t51-,52+,54-;17-/m00/s1. The summed E-state index contributed by atoms with van der Waals surface area (Å²) in [5.74, 6) is -3.34. The molecule has 118 heavy (non-hydrogen) atoms. The number of aromatic amines is 1. The Morgan fingerprint density at radius 2 is 0.949 bits per heavy atom. The van der Waals surface area contributed by atoms with Crippen LogP contribution in [-0.4, -0.2) is 229 Å². The predicted octanol–water partition coefficient (Wildman–Crippen LogP) is 7.64. The van der Waals surface area contributed by atoms with Gasteiger partial charge in [0.05, 0.1) is 83.9 Å². The van der Waals surface area contributed by atoms with Gasteiger partial charge >= 0.3 is 0 Å². The summed E-state index contributed by atoms with van der Waals surface area (Å²) >= 11 is 0. The number of hydrogen-bond acceptors (Lipinski definition) is 22. The lowest BCUT2D eigenvalue weighted by atomic mass is 9.75. The highest BCUT2D eigenvalue weighted by atomic mass is 16.5. The van der Waals surface area contributed by atoms with E-state index in [4.69, 9.17) is 51.4 Å². The normalized spacial score (nSPS) is 12.6. The number of imidazole rings is 1. The van der Waals surface area contributed by atoms with Gasteiger partial charge in [0.25, 0.3) is 0 Å². The van der Waals surface area contributed by atoms with E-state index in [9.17, 15) is 57.5 Å². The van der Waals surface area contributed by atoms with Crippen LogP contribution >= 0.6 is 0 Å². The van der Waals surface area contributed by atoms with Gasteiger partial charge in [0, 0.05) is 119 Å². The summed E-state index contributed by atoms with van der Waals surface area (Å²) in [5.41, 5.74) is 20.6. The number of ether oxygens (including phenoxy) is 6. The molecule has 16 N–H and O–H groups in total. The molecule has 0 bridgehead atoms. The van der Waals surface area contributed by atoms with Gasteiger partial charge in [0.1, 0.15) is 31.6 Å². The molecule has 1 heterocycles. The van der Waals surface area contributed by atoms with Crippen molar-refractivity contribution in [2.45, 2.75) is 305 Å². The van der Waals surface area contributed by atoms with E-state index >= 15 is 0 Å². The number of ketones is 5. The molecule has 0 spiro atoms. The van der Waals surface area contributed by atoms with Gasteiger partial charge in [-0.3, -0.25) is 67.8 Å². The number of aliphatic imine (C=N–C) groups is 1. The van der Waals surface area contributed by atoms with Crippen LogP contribution in [0, 0.1) is 22.7 Å². The lowest BCUT2D eigenvalue weighted by Crippen LogP contribution is -2.50. The molecule has 0 unspecified atom stereocenters. The highest BCUT2D eigenvalue weighted by molar-refractivity contribution is 5.94. The van der Waals surface area contributed by atoms with Crippen molar-refractivity contribution < 1.29 is 86.0 Å². The van der Waals surface area contributed by atoms with Gasteiger partial charge in [-0.25, -0.2) is 4.98 Å². The Bertz CT molecular complexity index is 2950. The second-order valence-electron chi connectivity index (χ2n) is 32.5. The number of nitrogens with zero attached hydrogens (tertiary/aromatic N) is 2. The Hall–Kier alpha value is -7.20. The minimum Gasteiger partial charge on any atom is -0.377 e. The fourth-order valence-corrected chi connectivity index (χ4v) is 12.4. The SMILES string of the molecule is CCC(=O)C(C)(C)NCC(=O)C(C)(C)CCC(=O)C(C)(C)CC(=O)[C@@H](N)Cc1cnc[nH]1.CCCCCCCCCCCC(=O)NCCOCCOCC(=O)C[C@@H](CCCCNC(=O)COCCOCCNC(=O)CCCCCCCCCCC)C(=O)NCCOCCOCC(=O)NCCCC[C@H](NC(=O)[C@@H](C)CCCN=C(N)N)C(N)=O. The quantitative estimate of drug-likeness (QED) is 0.0169. The van der Waals surface area contributed by atoms with Gasteiger partial charge in [-0.1, -0.05) is 165 Å². The van der Waals surface area contributed by atoms with Crippen LogP contribution in [0.15, 0.2) is 17.5 Å². The second kappa shape index (κ2) is 70.5. The fourth-order valence-electron chi connectivity index (χ4n) is 12.4. The van der Waals surface area contributed by atoms with Crippen LogP contribution in [-0.2, 0) is 92.4 Å². The lowest BCUT2D eigenvalue weighted by molar-refractivity contribution is -0.134. The summed E-state index contributed by atoms with van der Waals surface area (Å²) in [6, 6.07) is -1.54. The zero-order valence-electron chi connectivity index (χ0n) is 74.0. The van der Waals surface area contributed by atoms with Crippen molar-refractivity contribution in [2.24, 2.45) is 50.6 Å². The smallest absolute Gasteiger partial charge is 0.245 e. The third-order valence-electron chi connectivity index (χ3n) is 20.3. The maximum absolute atomic E-state index is 13.4. The number of hydrogen-bond donors (Lipinski definition) is 12. The van der Waals surface area contributed by atoms with Crippen molar-refractivity contribution in [2.75, 3.05) is 125 Å². The monoisotopic (exact) mass is 1680 g/mol. The number of H-pyrrole nitrogens is 1. The summed E-state index contributed by atoms with van der Waals surface area (Å²) in [7, 11) is 0. The van der Waals surface area contributed by atoms with Crippen molar-refractivity contribution in [3.63, 3.8) is 0 Å². The Kier molecular flexibility index (Phi) is 66.2. The molecule has 1 rings (SSSR count). The van der Waals surface area contributed by atoms with E-state index in [2.05, 4.69) is 66.0 Å². The maximum atomic E-state index is 13.4. The third-order valence-corrected chi connectivity index (χ3v) is 20.3. The highest BCUT2D eigenvalue weighted by Crippen LogP contribution is 2.31. The number of primary amides is 1. The highest BCUT2D eigenvalue weighted by Gasteiger charge is 2.36. The van der Waals surface area contributed by atoms with Gasteiger partial charge in [-0.05, 0) is 78.1 Å². The molecule has 32 nitrogen and oxygen atoms in total. The number of Topliss-reactive ketones (excluding diaryl/α,β-unsaturated/α-hetero) is 5. The average molecular weight is 1680 g/mol. The van der Waals surface area contributed by atoms with Crippen molar-refractivity contribution in [3.8, 4) is 0 Å². The molecule has 1 aromatic rings. The van der Waals surface area contributed by atoms with Gasteiger partial charge in [0.2, 0.25) is 41.4 Å². The van der Waals surface area contributed by atoms with Crippen LogP contribution in [0.1, 0.15) is 287 Å². The van der Waals surface area contributed by atoms with Crippen LogP contribution in [0.2, 0.25) is 0 Å². The topological polar surface area (TPSA) is 490 Å². The Balaban J connectivity index is 0.00000354. The van der Waals surface area contributed by atoms with E-state index in [0.29, 0.717) is 129 Å². The molecule has 0 aliphatic carbocycles. The molecule has 1 aromatic heterocycles. The summed E-state index contributed by atoms with van der Waals surface area (Å²) < 4.78 is 33.1. The van der Waals surface area contributed by atoms with Crippen LogP contribution in [0.3, 0.4) is 0 Å². The van der Waals surface area contributed by atoms with E-state index in [1.165, 1.54) is 89.8 Å². The molecule has 0 aromatic carbocycles. The van der Waals surface area contributed by atoms with Crippen molar-refractivity contribution in [1.82, 2.24) is 47.2 Å². The van der Waals surface area contributed by atoms with Gasteiger partial charge < -0.3 is 88.2 Å². The number of carbonyl (C=O) groups excluding carboxylic acids is 12. The van der Waals surface area contributed by atoms with E-state index in [0.717, 1.165) is 37.8 Å². The first kappa shape index (κ1) is 111.